The number of hydrogen-bond acceptors (Lipinski definition) is 6. The zero-order valence-electron chi connectivity index (χ0n) is 25.8. The van der Waals surface area contributed by atoms with Gasteiger partial charge in [-0.05, 0) is 48.8 Å². The molecule has 8 nitrogen and oxygen atoms in total. The smallest absolute Gasteiger partial charge is 0.224 e. The van der Waals surface area contributed by atoms with Gasteiger partial charge < -0.3 is 29.0 Å². The number of likely N-dealkylation sites (N-methyl/N-ethyl adjacent to an activating group) is 1. The number of carbonyl (C=O) groups excluding carboxylic acids is 1. The Morgan fingerprint density at radius 2 is 1.95 bits per heavy atom. The fourth-order valence-electron chi connectivity index (χ4n) is 5.20. The number of fused-ring (bicyclic) bond motifs is 1. The summed E-state index contributed by atoms with van der Waals surface area (Å²) < 4.78 is 49.8. The Bertz CT molecular complexity index is 1490. The van der Waals surface area contributed by atoms with E-state index in [2.05, 4.69) is 48.0 Å². The van der Waals surface area contributed by atoms with Gasteiger partial charge in [0.1, 0.15) is 18.1 Å². The molecular formula is C32H42F2N4O4Si. The second-order valence-electron chi connectivity index (χ2n) is 13.4. The standard InChI is InChI=1S/C32H42F2N4O4Si/c1-32(19-41-20-32)18-36-28(39)16-22-14-25(33)30(26(34)15-22)42-27-6-9-35-31-29(27)24(23-7-10-37(2)11-8-23)17-38(31)21-40-12-13-43(3,4)5/h6-7,9,14-15,17H,8,10-13,16,18-21H2,1-5H3,(H,36,39). The van der Waals surface area contributed by atoms with Crippen molar-refractivity contribution in [1.29, 1.82) is 0 Å². The van der Waals surface area contributed by atoms with Crippen molar-refractivity contribution >= 4 is 30.6 Å². The summed E-state index contributed by atoms with van der Waals surface area (Å²) in [7, 11) is 0.825. The Hall–Kier alpha value is -3.12. The molecule has 0 atom stereocenters. The summed E-state index contributed by atoms with van der Waals surface area (Å²) in [5, 5.41) is 3.52. The summed E-state index contributed by atoms with van der Waals surface area (Å²) in [4.78, 5) is 19.3. The van der Waals surface area contributed by atoms with Crippen LogP contribution in [-0.4, -0.2) is 74.9 Å². The van der Waals surface area contributed by atoms with Gasteiger partial charge in [-0.1, -0.05) is 32.6 Å². The molecule has 43 heavy (non-hydrogen) atoms. The number of nitrogens with one attached hydrogen (secondary N) is 1. The lowest BCUT2D eigenvalue weighted by molar-refractivity contribution is -0.126. The minimum Gasteiger partial charge on any atom is -0.450 e. The minimum atomic E-state index is -1.25. The molecule has 0 aliphatic carbocycles. The van der Waals surface area contributed by atoms with E-state index in [1.807, 2.05) is 17.7 Å². The molecule has 4 heterocycles. The minimum absolute atomic E-state index is 0.0960. The highest BCUT2D eigenvalue weighted by atomic mass is 28.3. The first-order valence-electron chi connectivity index (χ1n) is 14.8. The number of benzene rings is 1. The van der Waals surface area contributed by atoms with Crippen LogP contribution in [0.3, 0.4) is 0 Å². The van der Waals surface area contributed by atoms with E-state index in [1.54, 1.807) is 12.3 Å². The van der Waals surface area contributed by atoms with E-state index in [0.29, 0.717) is 49.9 Å². The Labute approximate surface area is 253 Å². The van der Waals surface area contributed by atoms with E-state index in [4.69, 9.17) is 14.2 Å². The van der Waals surface area contributed by atoms with Gasteiger partial charge in [0.05, 0.1) is 25.0 Å². The quantitative estimate of drug-likeness (QED) is 0.205. The van der Waals surface area contributed by atoms with Crippen LogP contribution in [-0.2, 0) is 27.4 Å². The number of ether oxygens (including phenoxy) is 3. The van der Waals surface area contributed by atoms with Crippen molar-refractivity contribution in [2.75, 3.05) is 46.5 Å². The fraction of sp³-hybridized carbons (Fsp3) is 0.500. The molecule has 1 amide bonds. The molecule has 2 aliphatic rings. The fourth-order valence-corrected chi connectivity index (χ4v) is 5.96. The first-order chi connectivity index (χ1) is 20.4. The summed E-state index contributed by atoms with van der Waals surface area (Å²) in [5.74, 6) is -2.26. The topological polar surface area (TPSA) is 77.8 Å². The van der Waals surface area contributed by atoms with E-state index >= 15 is 8.78 Å². The highest BCUT2D eigenvalue weighted by Crippen LogP contribution is 2.39. The molecule has 1 fully saturated rings. The van der Waals surface area contributed by atoms with Crippen molar-refractivity contribution in [3.63, 3.8) is 0 Å². The number of pyridine rings is 1. The number of nitrogens with zero attached hydrogens (tertiary/aromatic N) is 3. The molecule has 11 heteroatoms. The number of aromatic nitrogens is 2. The van der Waals surface area contributed by atoms with Crippen LogP contribution in [0.1, 0.15) is 24.5 Å². The molecule has 0 saturated carbocycles. The van der Waals surface area contributed by atoms with Gasteiger partial charge in [-0.2, -0.15) is 0 Å². The SMILES string of the molecule is CN1CC=C(c2cn(COCC[Si](C)(C)C)c3nccc(Oc4c(F)cc(CC(=O)NCC5(C)COC5)cc4F)c23)CC1. The van der Waals surface area contributed by atoms with Crippen molar-refractivity contribution in [3.05, 3.63) is 59.4 Å². The lowest BCUT2D eigenvalue weighted by Crippen LogP contribution is -2.48. The zero-order chi connectivity index (χ0) is 30.8. The summed E-state index contributed by atoms with van der Waals surface area (Å²) in [6.45, 7) is 13.2. The van der Waals surface area contributed by atoms with Crippen molar-refractivity contribution in [1.82, 2.24) is 19.8 Å². The van der Waals surface area contributed by atoms with Crippen LogP contribution in [0.2, 0.25) is 25.7 Å². The average molecular weight is 613 g/mol. The molecule has 0 spiro atoms. The van der Waals surface area contributed by atoms with Gasteiger partial charge in [-0.15, -0.1) is 0 Å². The molecule has 0 radical (unpaired) electrons. The Kier molecular flexibility index (Phi) is 9.36. The Morgan fingerprint density at radius 3 is 2.58 bits per heavy atom. The lowest BCUT2D eigenvalue weighted by atomic mass is 9.89. The summed E-state index contributed by atoms with van der Waals surface area (Å²) in [6, 6.07) is 4.98. The van der Waals surface area contributed by atoms with Gasteiger partial charge in [-0.3, -0.25) is 4.79 Å². The maximum absolute atomic E-state index is 15.3. The predicted octanol–water partition coefficient (Wildman–Crippen LogP) is 5.83. The number of carbonyl (C=O) groups is 1. The van der Waals surface area contributed by atoms with E-state index in [1.165, 1.54) is 0 Å². The van der Waals surface area contributed by atoms with E-state index in [9.17, 15) is 4.79 Å². The van der Waals surface area contributed by atoms with Gasteiger partial charge in [-0.25, -0.2) is 13.8 Å². The summed E-state index contributed by atoms with van der Waals surface area (Å²) in [6.07, 6.45) is 6.43. The van der Waals surface area contributed by atoms with Gasteiger partial charge in [0.25, 0.3) is 0 Å². The molecule has 0 unspecified atom stereocenters. The van der Waals surface area contributed by atoms with Crippen LogP contribution in [0.5, 0.6) is 11.5 Å². The molecule has 1 aromatic carbocycles. The molecule has 232 valence electrons. The van der Waals surface area contributed by atoms with Gasteiger partial charge in [0.2, 0.25) is 5.91 Å². The lowest BCUT2D eigenvalue weighted by Gasteiger charge is -2.38. The summed E-state index contributed by atoms with van der Waals surface area (Å²) in [5.41, 5.74) is 2.81. The predicted molar refractivity (Wildman–Crippen MR) is 166 cm³/mol. The van der Waals surface area contributed by atoms with Gasteiger partial charge >= 0.3 is 0 Å². The second kappa shape index (κ2) is 12.9. The maximum atomic E-state index is 15.3. The zero-order valence-corrected chi connectivity index (χ0v) is 26.8. The average Bonchev–Trinajstić information content (AvgIpc) is 3.30. The van der Waals surface area contributed by atoms with E-state index in [-0.39, 0.29) is 23.3 Å². The third kappa shape index (κ3) is 7.70. The molecule has 5 rings (SSSR count). The number of rotatable bonds is 12. The Balaban J connectivity index is 1.40. The number of amides is 1. The number of hydrogen-bond donors (Lipinski definition) is 1. The van der Waals surface area contributed by atoms with E-state index < -0.39 is 25.5 Å². The second-order valence-corrected chi connectivity index (χ2v) is 19.0. The van der Waals surface area contributed by atoms with Crippen molar-refractivity contribution in [2.24, 2.45) is 5.41 Å². The largest absolute Gasteiger partial charge is 0.450 e. The van der Waals surface area contributed by atoms with Gasteiger partial charge in [0, 0.05) is 57.7 Å². The molecule has 1 N–H and O–H groups in total. The third-order valence-corrected chi connectivity index (χ3v) is 9.66. The molecule has 2 aliphatic heterocycles. The van der Waals surface area contributed by atoms with Crippen LogP contribution in [0, 0.1) is 17.0 Å². The number of halogens is 2. The Morgan fingerprint density at radius 1 is 1.21 bits per heavy atom. The van der Waals surface area contributed by atoms with Crippen molar-refractivity contribution < 1.29 is 27.8 Å². The molecule has 1 saturated heterocycles. The van der Waals surface area contributed by atoms with Crippen LogP contribution < -0.4 is 10.1 Å². The third-order valence-electron chi connectivity index (χ3n) is 7.95. The van der Waals surface area contributed by atoms with E-state index in [0.717, 1.165) is 48.8 Å². The molecular weight excluding hydrogens is 570 g/mol. The first kappa shape index (κ1) is 31.3. The molecule has 2 aromatic heterocycles. The normalized spacial score (nSPS) is 17.0. The van der Waals surface area contributed by atoms with Crippen molar-refractivity contribution in [3.8, 4) is 11.5 Å². The van der Waals surface area contributed by atoms with Crippen LogP contribution in [0.15, 0.2) is 36.7 Å². The van der Waals surface area contributed by atoms with Crippen LogP contribution >= 0.6 is 0 Å². The first-order valence-corrected chi connectivity index (χ1v) is 18.6. The van der Waals surface area contributed by atoms with Gasteiger partial charge in [0.15, 0.2) is 17.4 Å². The summed E-state index contributed by atoms with van der Waals surface area (Å²) >= 11 is 0. The highest BCUT2D eigenvalue weighted by molar-refractivity contribution is 6.76. The van der Waals surface area contributed by atoms with Crippen LogP contribution in [0.4, 0.5) is 8.78 Å². The molecule has 0 bridgehead atoms. The highest BCUT2D eigenvalue weighted by Gasteiger charge is 2.33. The monoisotopic (exact) mass is 612 g/mol. The maximum Gasteiger partial charge on any atom is 0.224 e. The molecule has 3 aromatic rings. The van der Waals surface area contributed by atoms with Crippen molar-refractivity contribution in [2.45, 2.75) is 52.2 Å². The van der Waals surface area contributed by atoms with Crippen LogP contribution in [0.25, 0.3) is 16.6 Å².